The number of fused-ring (bicyclic) bond motifs is 1. The quantitative estimate of drug-likeness (QED) is 0.901. The molecule has 1 aliphatic carbocycles. The van der Waals surface area contributed by atoms with E-state index in [1.54, 1.807) is 0 Å². The van der Waals surface area contributed by atoms with E-state index in [0.29, 0.717) is 22.3 Å². The van der Waals surface area contributed by atoms with Gasteiger partial charge in [-0.1, -0.05) is 17.7 Å². The van der Waals surface area contributed by atoms with E-state index in [4.69, 9.17) is 16.7 Å². The second-order valence-electron chi connectivity index (χ2n) is 4.87. The Kier molecular flexibility index (Phi) is 3.40. The summed E-state index contributed by atoms with van der Waals surface area (Å²) in [5, 5.41) is 13.7. The molecule has 104 valence electrons. The standard InChI is InChI=1S/C14H13ClN2O2S/c1-7-2-4-10(9(15)6-7)16-14-17-12-8(13(18)19)3-5-11(12)20-14/h2,4,6,8H,3,5H2,1H3,(H,16,17)(H,18,19). The maximum Gasteiger partial charge on any atom is 0.312 e. The Balaban J connectivity index is 1.86. The number of rotatable bonds is 3. The molecule has 0 spiro atoms. The molecule has 0 fully saturated rings. The molecule has 1 heterocycles. The second-order valence-corrected chi connectivity index (χ2v) is 6.36. The van der Waals surface area contributed by atoms with Crippen molar-refractivity contribution in [1.82, 2.24) is 4.98 Å². The molecule has 6 heteroatoms. The van der Waals surface area contributed by atoms with Crippen LogP contribution < -0.4 is 5.32 Å². The minimum atomic E-state index is -0.797. The van der Waals surface area contributed by atoms with E-state index in [1.807, 2.05) is 25.1 Å². The Morgan fingerprint density at radius 1 is 1.55 bits per heavy atom. The van der Waals surface area contributed by atoms with Crippen molar-refractivity contribution in [2.45, 2.75) is 25.7 Å². The third kappa shape index (κ3) is 2.39. The molecule has 20 heavy (non-hydrogen) atoms. The van der Waals surface area contributed by atoms with Crippen molar-refractivity contribution in [3.05, 3.63) is 39.4 Å². The molecule has 1 aromatic carbocycles. The summed E-state index contributed by atoms with van der Waals surface area (Å²) in [6.07, 6.45) is 1.43. The predicted octanol–water partition coefficient (Wildman–Crippen LogP) is 3.96. The first-order valence-electron chi connectivity index (χ1n) is 6.30. The number of halogens is 1. The van der Waals surface area contributed by atoms with Gasteiger partial charge in [-0.15, -0.1) is 11.3 Å². The first kappa shape index (κ1) is 13.4. The molecule has 2 N–H and O–H groups in total. The van der Waals surface area contributed by atoms with E-state index in [0.717, 1.165) is 22.5 Å². The monoisotopic (exact) mass is 308 g/mol. The van der Waals surface area contributed by atoms with E-state index >= 15 is 0 Å². The van der Waals surface area contributed by atoms with Crippen LogP contribution in [0, 0.1) is 6.92 Å². The molecule has 3 rings (SSSR count). The zero-order valence-electron chi connectivity index (χ0n) is 10.8. The maximum atomic E-state index is 11.1. The molecule has 0 bridgehead atoms. The fourth-order valence-corrected chi connectivity index (χ4v) is 3.69. The van der Waals surface area contributed by atoms with E-state index in [2.05, 4.69) is 10.3 Å². The number of aryl methyl sites for hydroxylation is 2. The highest BCUT2D eigenvalue weighted by Gasteiger charge is 2.32. The van der Waals surface area contributed by atoms with E-state index in [1.165, 1.54) is 11.3 Å². The molecular weight excluding hydrogens is 296 g/mol. The molecule has 1 aromatic heterocycles. The summed E-state index contributed by atoms with van der Waals surface area (Å²) >= 11 is 7.68. The minimum absolute atomic E-state index is 0.467. The minimum Gasteiger partial charge on any atom is -0.481 e. The van der Waals surface area contributed by atoms with Gasteiger partial charge in [0.15, 0.2) is 5.13 Å². The lowest BCUT2D eigenvalue weighted by molar-refractivity contribution is -0.138. The molecular formula is C14H13ClN2O2S. The first-order chi connectivity index (χ1) is 9.54. The fraction of sp³-hybridized carbons (Fsp3) is 0.286. The number of aliphatic carboxylic acids is 1. The number of anilines is 2. The van der Waals surface area contributed by atoms with Gasteiger partial charge in [0.05, 0.1) is 16.4 Å². The van der Waals surface area contributed by atoms with Crippen LogP contribution in [0.4, 0.5) is 10.8 Å². The van der Waals surface area contributed by atoms with Gasteiger partial charge < -0.3 is 10.4 Å². The van der Waals surface area contributed by atoms with Crippen LogP contribution in [0.15, 0.2) is 18.2 Å². The zero-order chi connectivity index (χ0) is 14.3. The topological polar surface area (TPSA) is 62.2 Å². The van der Waals surface area contributed by atoms with Gasteiger partial charge in [0.1, 0.15) is 5.92 Å². The molecule has 1 aliphatic rings. The van der Waals surface area contributed by atoms with Crippen LogP contribution in [0.25, 0.3) is 0 Å². The number of thiazole rings is 1. The van der Waals surface area contributed by atoms with Crippen molar-refractivity contribution in [2.24, 2.45) is 0 Å². The van der Waals surface area contributed by atoms with Gasteiger partial charge in [-0.3, -0.25) is 4.79 Å². The van der Waals surface area contributed by atoms with Crippen LogP contribution in [-0.4, -0.2) is 16.1 Å². The van der Waals surface area contributed by atoms with Gasteiger partial charge in [0.25, 0.3) is 0 Å². The van der Waals surface area contributed by atoms with Gasteiger partial charge in [-0.25, -0.2) is 4.98 Å². The molecule has 0 aliphatic heterocycles. The SMILES string of the molecule is Cc1ccc(Nc2nc3c(s2)CCC3C(=O)O)c(Cl)c1. The third-order valence-corrected chi connectivity index (χ3v) is 4.74. The second kappa shape index (κ2) is 5.07. The molecule has 0 amide bonds. The van der Waals surface area contributed by atoms with Crippen LogP contribution in [-0.2, 0) is 11.2 Å². The molecule has 0 saturated carbocycles. The maximum absolute atomic E-state index is 11.1. The summed E-state index contributed by atoms with van der Waals surface area (Å²) in [6.45, 7) is 1.98. The summed E-state index contributed by atoms with van der Waals surface area (Å²) in [4.78, 5) is 16.6. The highest BCUT2D eigenvalue weighted by atomic mass is 35.5. The normalized spacial score (nSPS) is 17.0. The Bertz CT molecular complexity index is 684. The molecule has 4 nitrogen and oxygen atoms in total. The molecule has 1 atom stereocenters. The number of aromatic nitrogens is 1. The zero-order valence-corrected chi connectivity index (χ0v) is 12.4. The van der Waals surface area contributed by atoms with E-state index in [9.17, 15) is 4.79 Å². The third-order valence-electron chi connectivity index (χ3n) is 3.38. The summed E-state index contributed by atoms with van der Waals surface area (Å²) < 4.78 is 0. The summed E-state index contributed by atoms with van der Waals surface area (Å²) in [7, 11) is 0. The molecule has 1 unspecified atom stereocenters. The first-order valence-corrected chi connectivity index (χ1v) is 7.49. The van der Waals surface area contributed by atoms with Crippen LogP contribution in [0.2, 0.25) is 5.02 Å². The van der Waals surface area contributed by atoms with Crippen LogP contribution in [0.1, 0.15) is 28.5 Å². The van der Waals surface area contributed by atoms with Gasteiger partial charge in [-0.05, 0) is 37.5 Å². The Morgan fingerprint density at radius 2 is 2.35 bits per heavy atom. The summed E-state index contributed by atoms with van der Waals surface area (Å²) in [5.74, 6) is -1.26. The van der Waals surface area contributed by atoms with Crippen LogP contribution >= 0.6 is 22.9 Å². The van der Waals surface area contributed by atoms with Gasteiger partial charge in [-0.2, -0.15) is 0 Å². The predicted molar refractivity (Wildman–Crippen MR) is 80.3 cm³/mol. The molecule has 2 aromatic rings. The van der Waals surface area contributed by atoms with E-state index in [-0.39, 0.29) is 0 Å². The summed E-state index contributed by atoms with van der Waals surface area (Å²) in [6, 6.07) is 5.75. The highest BCUT2D eigenvalue weighted by molar-refractivity contribution is 7.15. The number of hydrogen-bond donors (Lipinski definition) is 2. The lowest BCUT2D eigenvalue weighted by atomic mass is 10.1. The number of nitrogens with one attached hydrogen (secondary N) is 1. The largest absolute Gasteiger partial charge is 0.481 e. The Morgan fingerprint density at radius 3 is 3.05 bits per heavy atom. The average Bonchev–Trinajstić information content (AvgIpc) is 2.91. The number of carboxylic acids is 1. The van der Waals surface area contributed by atoms with Crippen molar-refractivity contribution in [2.75, 3.05) is 5.32 Å². The lowest BCUT2D eigenvalue weighted by Crippen LogP contribution is -2.08. The highest BCUT2D eigenvalue weighted by Crippen LogP contribution is 2.39. The average molecular weight is 309 g/mol. The lowest BCUT2D eigenvalue weighted by Gasteiger charge is -2.06. The number of carbonyl (C=O) groups is 1. The van der Waals surface area contributed by atoms with Gasteiger partial charge in [0.2, 0.25) is 0 Å². The molecule has 0 saturated heterocycles. The number of benzene rings is 1. The fourth-order valence-electron chi connectivity index (χ4n) is 2.36. The van der Waals surface area contributed by atoms with Crippen LogP contribution in [0.5, 0.6) is 0 Å². The van der Waals surface area contributed by atoms with Crippen molar-refractivity contribution in [3.8, 4) is 0 Å². The van der Waals surface area contributed by atoms with Crippen molar-refractivity contribution in [3.63, 3.8) is 0 Å². The number of nitrogens with zero attached hydrogens (tertiary/aromatic N) is 1. The van der Waals surface area contributed by atoms with Gasteiger partial charge >= 0.3 is 5.97 Å². The van der Waals surface area contributed by atoms with Gasteiger partial charge in [0, 0.05) is 4.88 Å². The Labute approximate surface area is 125 Å². The van der Waals surface area contributed by atoms with Crippen molar-refractivity contribution < 1.29 is 9.90 Å². The summed E-state index contributed by atoms with van der Waals surface area (Å²) in [5.41, 5.74) is 2.58. The number of carboxylic acid groups (broad SMARTS) is 1. The van der Waals surface area contributed by atoms with Crippen LogP contribution in [0.3, 0.4) is 0 Å². The van der Waals surface area contributed by atoms with E-state index < -0.39 is 11.9 Å². The smallest absolute Gasteiger partial charge is 0.312 e. The Hall–Kier alpha value is -1.59. The number of hydrogen-bond acceptors (Lipinski definition) is 4. The molecule has 0 radical (unpaired) electrons. The van der Waals surface area contributed by atoms with Crippen molar-refractivity contribution >= 4 is 39.7 Å². The van der Waals surface area contributed by atoms with Crippen molar-refractivity contribution in [1.29, 1.82) is 0 Å².